The minimum Gasteiger partial charge on any atom is -0.337 e. The van der Waals surface area contributed by atoms with E-state index in [1.54, 1.807) is 0 Å². The fourth-order valence-electron chi connectivity index (χ4n) is 2.59. The molecule has 5 heteroatoms. The van der Waals surface area contributed by atoms with E-state index in [4.69, 9.17) is 10.3 Å². The molecule has 2 N–H and O–H groups in total. The van der Waals surface area contributed by atoms with Crippen LogP contribution in [0.4, 0.5) is 0 Å². The summed E-state index contributed by atoms with van der Waals surface area (Å²) in [7, 11) is 3.97. The topological polar surface area (TPSA) is 68.2 Å². The Bertz CT molecular complexity index is 376. The second-order valence-corrected chi connectivity index (χ2v) is 5.61. The predicted octanol–water partition coefficient (Wildman–Crippen LogP) is 1.50. The van der Waals surface area contributed by atoms with E-state index in [1.807, 2.05) is 19.0 Å². The molecule has 1 saturated carbocycles. The fourth-order valence-corrected chi connectivity index (χ4v) is 2.59. The highest BCUT2D eigenvalue weighted by atomic mass is 16.5. The van der Waals surface area contributed by atoms with Gasteiger partial charge in [-0.3, -0.25) is 0 Å². The molecule has 1 fully saturated rings. The highest BCUT2D eigenvalue weighted by molar-refractivity contribution is 5.04. The quantitative estimate of drug-likeness (QED) is 0.864. The van der Waals surface area contributed by atoms with Gasteiger partial charge in [0.25, 0.3) is 0 Å². The lowest BCUT2D eigenvalue weighted by Gasteiger charge is -2.33. The third-order valence-corrected chi connectivity index (χ3v) is 3.38. The number of hydrogen-bond donors (Lipinski definition) is 1. The summed E-state index contributed by atoms with van der Waals surface area (Å²) in [5.74, 6) is 1.96. The van der Waals surface area contributed by atoms with E-state index < -0.39 is 5.54 Å². The van der Waals surface area contributed by atoms with Crippen LogP contribution in [0.5, 0.6) is 0 Å². The highest BCUT2D eigenvalue weighted by Gasteiger charge is 2.37. The number of rotatable bonds is 3. The van der Waals surface area contributed by atoms with Gasteiger partial charge in [-0.05, 0) is 32.9 Å². The first kappa shape index (κ1) is 12.5. The molecule has 96 valence electrons. The average Bonchev–Trinajstić information content (AvgIpc) is 2.65. The second kappa shape index (κ2) is 4.74. The van der Waals surface area contributed by atoms with Crippen molar-refractivity contribution >= 4 is 0 Å². The Morgan fingerprint density at radius 2 is 2.29 bits per heavy atom. The van der Waals surface area contributed by atoms with Crippen molar-refractivity contribution in [3.8, 4) is 0 Å². The molecule has 2 unspecified atom stereocenters. The second-order valence-electron chi connectivity index (χ2n) is 5.61. The first-order valence-corrected chi connectivity index (χ1v) is 6.26. The maximum absolute atomic E-state index is 6.41. The van der Waals surface area contributed by atoms with Crippen molar-refractivity contribution in [2.75, 3.05) is 14.1 Å². The van der Waals surface area contributed by atoms with E-state index >= 15 is 0 Å². The Hall–Kier alpha value is -0.940. The molecule has 5 nitrogen and oxygen atoms in total. The molecular weight excluding hydrogens is 216 g/mol. The van der Waals surface area contributed by atoms with Gasteiger partial charge in [0.1, 0.15) is 0 Å². The average molecular weight is 238 g/mol. The summed E-state index contributed by atoms with van der Waals surface area (Å²) < 4.78 is 5.34. The summed E-state index contributed by atoms with van der Waals surface area (Å²) >= 11 is 0. The maximum atomic E-state index is 6.41. The number of hydrogen-bond acceptors (Lipinski definition) is 5. The minimum absolute atomic E-state index is 0.408. The molecule has 2 rings (SSSR count). The van der Waals surface area contributed by atoms with Crippen LogP contribution in [0.3, 0.4) is 0 Å². The maximum Gasteiger partial charge on any atom is 0.246 e. The molecule has 0 aromatic carbocycles. The zero-order valence-corrected chi connectivity index (χ0v) is 10.9. The van der Waals surface area contributed by atoms with Crippen molar-refractivity contribution in [3.05, 3.63) is 11.7 Å². The summed E-state index contributed by atoms with van der Waals surface area (Å²) in [6.45, 7) is 2.92. The number of nitrogens with two attached hydrogens (primary N) is 1. The van der Waals surface area contributed by atoms with Crippen molar-refractivity contribution in [1.82, 2.24) is 15.0 Å². The van der Waals surface area contributed by atoms with Crippen LogP contribution in [0.25, 0.3) is 0 Å². The zero-order chi connectivity index (χ0) is 12.5. The Labute approximate surface area is 102 Å². The van der Waals surface area contributed by atoms with Crippen LogP contribution in [-0.4, -0.2) is 29.1 Å². The zero-order valence-electron chi connectivity index (χ0n) is 10.9. The van der Waals surface area contributed by atoms with Gasteiger partial charge in [0.2, 0.25) is 5.89 Å². The SMILES string of the molecule is CC1CCCC(N)(c2nc(CN(C)C)no2)C1. The van der Waals surface area contributed by atoms with E-state index in [9.17, 15) is 0 Å². The Morgan fingerprint density at radius 1 is 1.53 bits per heavy atom. The molecule has 0 bridgehead atoms. The van der Waals surface area contributed by atoms with Gasteiger partial charge in [-0.25, -0.2) is 0 Å². The van der Waals surface area contributed by atoms with Gasteiger partial charge >= 0.3 is 0 Å². The highest BCUT2D eigenvalue weighted by Crippen LogP contribution is 2.36. The van der Waals surface area contributed by atoms with E-state index in [0.717, 1.165) is 19.3 Å². The lowest BCUT2D eigenvalue weighted by molar-refractivity contribution is 0.183. The molecule has 0 aliphatic heterocycles. The van der Waals surface area contributed by atoms with Gasteiger partial charge in [0, 0.05) is 0 Å². The largest absolute Gasteiger partial charge is 0.337 e. The molecule has 0 amide bonds. The number of aromatic nitrogens is 2. The first-order chi connectivity index (χ1) is 7.99. The Balaban J connectivity index is 2.12. The van der Waals surface area contributed by atoms with Gasteiger partial charge < -0.3 is 15.2 Å². The Kier molecular flexibility index (Phi) is 3.49. The molecule has 1 aromatic rings. The molecule has 0 radical (unpaired) electrons. The van der Waals surface area contributed by atoms with Gasteiger partial charge in [-0.15, -0.1) is 0 Å². The van der Waals surface area contributed by atoms with E-state index in [1.165, 1.54) is 6.42 Å². The summed E-state index contributed by atoms with van der Waals surface area (Å²) in [5.41, 5.74) is 6.00. The minimum atomic E-state index is -0.408. The normalized spacial score (nSPS) is 29.8. The molecule has 1 aliphatic rings. The summed E-state index contributed by atoms with van der Waals surface area (Å²) in [6.07, 6.45) is 4.28. The van der Waals surface area contributed by atoms with Crippen molar-refractivity contribution in [3.63, 3.8) is 0 Å². The van der Waals surface area contributed by atoms with Crippen LogP contribution in [0.15, 0.2) is 4.52 Å². The van der Waals surface area contributed by atoms with Crippen LogP contribution < -0.4 is 5.73 Å². The molecule has 1 heterocycles. The molecule has 2 atom stereocenters. The summed E-state index contributed by atoms with van der Waals surface area (Å²) in [6, 6.07) is 0. The summed E-state index contributed by atoms with van der Waals surface area (Å²) in [4.78, 5) is 6.45. The Morgan fingerprint density at radius 3 is 2.94 bits per heavy atom. The van der Waals surface area contributed by atoms with Crippen LogP contribution in [-0.2, 0) is 12.1 Å². The molecular formula is C12H22N4O. The molecule has 0 spiro atoms. The third kappa shape index (κ3) is 2.84. The third-order valence-electron chi connectivity index (χ3n) is 3.38. The van der Waals surface area contributed by atoms with Crippen LogP contribution >= 0.6 is 0 Å². The molecule has 1 aromatic heterocycles. The van der Waals surface area contributed by atoms with Crippen molar-refractivity contribution in [2.45, 2.75) is 44.7 Å². The predicted molar refractivity (Wildman–Crippen MR) is 65.2 cm³/mol. The molecule has 0 saturated heterocycles. The monoisotopic (exact) mass is 238 g/mol. The van der Waals surface area contributed by atoms with Crippen LogP contribution in [0.2, 0.25) is 0 Å². The molecule has 17 heavy (non-hydrogen) atoms. The van der Waals surface area contributed by atoms with Gasteiger partial charge in [-0.1, -0.05) is 24.9 Å². The number of nitrogens with zero attached hydrogens (tertiary/aromatic N) is 3. The van der Waals surface area contributed by atoms with Gasteiger partial charge in [0.05, 0.1) is 12.1 Å². The molecule has 1 aliphatic carbocycles. The van der Waals surface area contributed by atoms with Crippen LogP contribution in [0.1, 0.15) is 44.3 Å². The smallest absolute Gasteiger partial charge is 0.246 e. The van der Waals surface area contributed by atoms with Crippen molar-refractivity contribution in [2.24, 2.45) is 11.7 Å². The van der Waals surface area contributed by atoms with Crippen molar-refractivity contribution < 1.29 is 4.52 Å². The lowest BCUT2D eigenvalue weighted by atomic mass is 9.77. The first-order valence-electron chi connectivity index (χ1n) is 6.26. The van der Waals surface area contributed by atoms with Gasteiger partial charge in [-0.2, -0.15) is 4.98 Å². The van der Waals surface area contributed by atoms with Gasteiger partial charge in [0.15, 0.2) is 5.82 Å². The van der Waals surface area contributed by atoms with Crippen LogP contribution in [0, 0.1) is 5.92 Å². The summed E-state index contributed by atoms with van der Waals surface area (Å²) in [5, 5.41) is 3.99. The fraction of sp³-hybridized carbons (Fsp3) is 0.833. The standard InChI is InChI=1S/C12H22N4O/c1-9-5-4-6-12(13,7-9)11-14-10(15-17-11)8-16(2)3/h9H,4-8,13H2,1-3H3. The lowest BCUT2D eigenvalue weighted by Crippen LogP contribution is -2.41. The van der Waals surface area contributed by atoms with Crippen molar-refractivity contribution in [1.29, 1.82) is 0 Å². The van der Waals surface area contributed by atoms with E-state index in [-0.39, 0.29) is 0 Å². The van der Waals surface area contributed by atoms with E-state index in [0.29, 0.717) is 24.2 Å². The van der Waals surface area contributed by atoms with E-state index in [2.05, 4.69) is 17.1 Å².